The molecule has 2 aromatic heterocycles. The Hall–Kier alpha value is -3.39. The molecule has 0 fully saturated rings. The molecule has 0 aliphatic carbocycles. The zero-order valence-electron chi connectivity index (χ0n) is 22.6. The van der Waals surface area contributed by atoms with Crippen LogP contribution in [-0.4, -0.2) is 26.1 Å². The number of hydrogen-bond donors (Lipinski definition) is 0. The fraction of sp³-hybridized carbons (Fsp3) is 0.152. The van der Waals surface area contributed by atoms with Gasteiger partial charge < -0.3 is 0 Å². The standard InChI is InChI=1S/C33H32N2SSi2/c1-23-30-32(36-33(23)38(5,26-15-8-6-9-16-26)27-17-10-7-11-18-27)31(35-22-34-30)25-20-24-14-12-13-19-28(24)29(21-25)37(2,3)4/h6-22H,1-5H3. The SMILES string of the molecule is Cc1c([Si](C)(c2ccccc2)c2ccccc2)sc2c(-c3cc([Si](C)(C)C)c4ccccc4c3)ncnc12. The number of rotatable bonds is 5. The Balaban J connectivity index is 1.63. The molecule has 4 aromatic carbocycles. The van der Waals surface area contributed by atoms with E-state index in [1.165, 1.54) is 46.7 Å². The van der Waals surface area contributed by atoms with Crippen molar-refractivity contribution in [2.45, 2.75) is 33.1 Å². The van der Waals surface area contributed by atoms with E-state index in [9.17, 15) is 0 Å². The molecule has 5 heteroatoms. The van der Waals surface area contributed by atoms with Crippen LogP contribution in [0.3, 0.4) is 0 Å². The van der Waals surface area contributed by atoms with Crippen LogP contribution in [0.5, 0.6) is 0 Å². The Labute approximate surface area is 231 Å². The van der Waals surface area contributed by atoms with Gasteiger partial charge in [-0.3, -0.25) is 0 Å². The van der Waals surface area contributed by atoms with Crippen molar-refractivity contribution < 1.29 is 0 Å². The van der Waals surface area contributed by atoms with Crippen LogP contribution in [0, 0.1) is 6.92 Å². The summed E-state index contributed by atoms with van der Waals surface area (Å²) in [6.45, 7) is 12.0. The smallest absolute Gasteiger partial charge is 0.157 e. The van der Waals surface area contributed by atoms with E-state index >= 15 is 0 Å². The van der Waals surface area contributed by atoms with E-state index in [0.717, 1.165) is 11.2 Å². The number of fused-ring (bicyclic) bond motifs is 2. The van der Waals surface area contributed by atoms with Crippen LogP contribution in [0.15, 0.2) is 103 Å². The van der Waals surface area contributed by atoms with E-state index in [-0.39, 0.29) is 0 Å². The van der Waals surface area contributed by atoms with Gasteiger partial charge in [0.1, 0.15) is 6.33 Å². The summed E-state index contributed by atoms with van der Waals surface area (Å²) in [6.07, 6.45) is 1.76. The number of nitrogens with zero attached hydrogens (tertiary/aromatic N) is 2. The van der Waals surface area contributed by atoms with Crippen molar-refractivity contribution in [1.82, 2.24) is 9.97 Å². The maximum Gasteiger partial charge on any atom is 0.157 e. The van der Waals surface area contributed by atoms with E-state index in [4.69, 9.17) is 9.97 Å². The van der Waals surface area contributed by atoms with Crippen molar-refractivity contribution in [3.63, 3.8) is 0 Å². The Morgan fingerprint density at radius 2 is 1.29 bits per heavy atom. The van der Waals surface area contributed by atoms with Crippen LogP contribution in [0.25, 0.3) is 32.2 Å². The lowest BCUT2D eigenvalue weighted by Crippen LogP contribution is -2.64. The highest BCUT2D eigenvalue weighted by Crippen LogP contribution is 2.34. The third-order valence-corrected chi connectivity index (χ3v) is 16.7. The summed E-state index contributed by atoms with van der Waals surface area (Å²) in [5, 5.41) is 6.98. The summed E-state index contributed by atoms with van der Waals surface area (Å²) in [5.74, 6) is 0. The highest BCUT2D eigenvalue weighted by atomic mass is 32.1. The molecule has 188 valence electrons. The summed E-state index contributed by atoms with van der Waals surface area (Å²) in [5.41, 5.74) is 4.63. The molecule has 6 aromatic rings. The number of hydrogen-bond acceptors (Lipinski definition) is 3. The second kappa shape index (κ2) is 9.42. The zero-order chi connectivity index (χ0) is 26.5. The van der Waals surface area contributed by atoms with Crippen LogP contribution in [0.1, 0.15) is 5.56 Å². The second-order valence-electron chi connectivity index (χ2n) is 11.3. The molecule has 0 N–H and O–H groups in total. The summed E-state index contributed by atoms with van der Waals surface area (Å²) >= 11 is 1.91. The van der Waals surface area contributed by atoms with Crippen LogP contribution >= 0.6 is 11.3 Å². The topological polar surface area (TPSA) is 25.8 Å². The third-order valence-electron chi connectivity index (χ3n) is 7.80. The van der Waals surface area contributed by atoms with Gasteiger partial charge in [-0.15, -0.1) is 11.3 Å². The number of aryl methyl sites for hydroxylation is 1. The van der Waals surface area contributed by atoms with Gasteiger partial charge in [-0.25, -0.2) is 9.97 Å². The Morgan fingerprint density at radius 3 is 1.92 bits per heavy atom. The van der Waals surface area contributed by atoms with Crippen LogP contribution < -0.4 is 20.1 Å². The molecule has 0 spiro atoms. The monoisotopic (exact) mass is 544 g/mol. The van der Waals surface area contributed by atoms with Crippen LogP contribution in [0.4, 0.5) is 0 Å². The maximum atomic E-state index is 4.92. The summed E-state index contributed by atoms with van der Waals surface area (Å²) < 4.78 is 2.65. The molecule has 6 rings (SSSR count). The molecule has 0 aliphatic heterocycles. The minimum Gasteiger partial charge on any atom is -0.235 e. The van der Waals surface area contributed by atoms with Crippen molar-refractivity contribution in [3.8, 4) is 11.3 Å². The lowest BCUT2D eigenvalue weighted by molar-refractivity contribution is 1.23. The van der Waals surface area contributed by atoms with Crippen LogP contribution in [0.2, 0.25) is 26.2 Å². The molecule has 0 saturated heterocycles. The summed E-state index contributed by atoms with van der Waals surface area (Å²) in [6, 6.07) is 35.7. The lowest BCUT2D eigenvalue weighted by Gasteiger charge is -2.28. The molecule has 0 unspecified atom stereocenters. The van der Waals surface area contributed by atoms with Crippen molar-refractivity contribution in [2.75, 3.05) is 0 Å². The van der Waals surface area contributed by atoms with E-state index in [1.54, 1.807) is 6.33 Å². The molecule has 0 saturated carbocycles. The zero-order valence-corrected chi connectivity index (χ0v) is 25.4. The highest BCUT2D eigenvalue weighted by molar-refractivity contribution is 7.36. The molecule has 0 atom stereocenters. The Kier molecular flexibility index (Phi) is 6.18. The predicted octanol–water partition coefficient (Wildman–Crippen LogP) is 6.47. The fourth-order valence-electron chi connectivity index (χ4n) is 5.75. The molecule has 0 bridgehead atoms. The lowest BCUT2D eigenvalue weighted by atomic mass is 10.0. The molecular weight excluding hydrogens is 513 g/mol. The van der Waals surface area contributed by atoms with Crippen molar-refractivity contribution in [1.29, 1.82) is 0 Å². The van der Waals surface area contributed by atoms with E-state index < -0.39 is 16.1 Å². The maximum absolute atomic E-state index is 4.92. The van der Waals surface area contributed by atoms with E-state index in [1.807, 2.05) is 11.3 Å². The number of thiophene rings is 1. The van der Waals surface area contributed by atoms with Gasteiger partial charge in [0.05, 0.1) is 24.0 Å². The van der Waals surface area contributed by atoms with Crippen molar-refractivity contribution in [3.05, 3.63) is 109 Å². The normalized spacial score (nSPS) is 12.3. The number of aromatic nitrogens is 2. The molecule has 0 radical (unpaired) electrons. The van der Waals surface area contributed by atoms with Gasteiger partial charge in [-0.1, -0.05) is 122 Å². The van der Waals surface area contributed by atoms with Gasteiger partial charge in [-0.05, 0) is 39.7 Å². The van der Waals surface area contributed by atoms with E-state index in [0.29, 0.717) is 0 Å². The predicted molar refractivity (Wildman–Crippen MR) is 171 cm³/mol. The largest absolute Gasteiger partial charge is 0.235 e. The molecule has 2 heterocycles. The molecular formula is C33H32N2SSi2. The first kappa shape index (κ1) is 24.9. The van der Waals surface area contributed by atoms with Gasteiger partial charge in [-0.2, -0.15) is 0 Å². The molecule has 0 amide bonds. The minimum atomic E-state index is -2.26. The molecule has 2 nitrogen and oxygen atoms in total. The number of benzene rings is 4. The Bertz CT molecular complexity index is 1730. The summed E-state index contributed by atoms with van der Waals surface area (Å²) in [4.78, 5) is 9.77. The molecule has 38 heavy (non-hydrogen) atoms. The van der Waals surface area contributed by atoms with Gasteiger partial charge in [0, 0.05) is 10.1 Å². The first-order valence-corrected chi connectivity index (χ1v) is 20.0. The highest BCUT2D eigenvalue weighted by Gasteiger charge is 2.38. The minimum absolute atomic E-state index is 1.05. The average molecular weight is 545 g/mol. The van der Waals surface area contributed by atoms with E-state index in [2.05, 4.69) is 130 Å². The van der Waals surface area contributed by atoms with Gasteiger partial charge in [0.25, 0.3) is 0 Å². The summed E-state index contributed by atoms with van der Waals surface area (Å²) in [7, 11) is -3.84. The van der Waals surface area contributed by atoms with Gasteiger partial charge >= 0.3 is 0 Å². The van der Waals surface area contributed by atoms with Crippen molar-refractivity contribution >= 4 is 68.5 Å². The fourth-order valence-corrected chi connectivity index (χ4v) is 13.7. The van der Waals surface area contributed by atoms with Crippen molar-refractivity contribution in [2.24, 2.45) is 0 Å². The third kappa shape index (κ3) is 4.06. The first-order valence-electron chi connectivity index (χ1n) is 13.2. The van der Waals surface area contributed by atoms with Gasteiger partial charge in [0.2, 0.25) is 0 Å². The van der Waals surface area contributed by atoms with Gasteiger partial charge in [0.15, 0.2) is 8.07 Å². The first-order chi connectivity index (χ1) is 18.3. The quantitative estimate of drug-likeness (QED) is 0.233. The van der Waals surface area contributed by atoms with Crippen LogP contribution in [-0.2, 0) is 0 Å². The molecule has 0 aliphatic rings. The second-order valence-corrected chi connectivity index (χ2v) is 21.6. The Morgan fingerprint density at radius 1 is 0.684 bits per heavy atom. The average Bonchev–Trinajstić information content (AvgIpc) is 3.29.